The number of nitrogens with one attached hydrogen (secondary N) is 2. The Hall–Kier alpha value is -2.08. The van der Waals surface area contributed by atoms with Crippen LogP contribution in [0.4, 0.5) is 5.69 Å². The van der Waals surface area contributed by atoms with Crippen LogP contribution >= 0.6 is 0 Å². The Bertz CT molecular complexity index is 830. The molecule has 2 saturated carbocycles. The molecule has 2 N–H and O–H groups in total. The SMILES string of the molecule is CCn1ncc2c(NC3CCCC3)c(C3=CC4(CCC4)ON3)cnc21. The summed E-state index contributed by atoms with van der Waals surface area (Å²) in [5.41, 5.74) is 7.31. The second kappa shape index (κ2) is 5.73. The number of anilines is 1. The molecule has 132 valence electrons. The van der Waals surface area contributed by atoms with Crippen LogP contribution in [-0.2, 0) is 11.4 Å². The molecule has 0 radical (unpaired) electrons. The quantitative estimate of drug-likeness (QED) is 0.891. The molecule has 3 aliphatic rings. The predicted molar refractivity (Wildman–Crippen MR) is 97.9 cm³/mol. The number of aromatic nitrogens is 3. The first-order valence-electron chi connectivity index (χ1n) is 9.56. The number of rotatable bonds is 4. The summed E-state index contributed by atoms with van der Waals surface area (Å²) >= 11 is 0. The molecule has 25 heavy (non-hydrogen) atoms. The van der Waals surface area contributed by atoms with E-state index in [1.165, 1.54) is 32.1 Å². The van der Waals surface area contributed by atoms with Gasteiger partial charge >= 0.3 is 0 Å². The second-order valence-electron chi connectivity index (χ2n) is 7.55. The van der Waals surface area contributed by atoms with Crippen molar-refractivity contribution in [2.45, 2.75) is 70.1 Å². The Morgan fingerprint density at radius 2 is 2.12 bits per heavy atom. The molecule has 6 nitrogen and oxygen atoms in total. The van der Waals surface area contributed by atoms with Crippen molar-refractivity contribution < 1.29 is 4.84 Å². The van der Waals surface area contributed by atoms with Gasteiger partial charge in [0.05, 0.1) is 23.0 Å². The van der Waals surface area contributed by atoms with Gasteiger partial charge < -0.3 is 5.32 Å². The molecule has 1 spiro atoms. The van der Waals surface area contributed by atoms with Gasteiger partial charge in [0.15, 0.2) is 5.65 Å². The van der Waals surface area contributed by atoms with E-state index in [2.05, 4.69) is 28.9 Å². The zero-order chi connectivity index (χ0) is 16.9. The summed E-state index contributed by atoms with van der Waals surface area (Å²) in [5, 5.41) is 9.42. The minimum absolute atomic E-state index is 0.0947. The molecular weight excluding hydrogens is 314 g/mol. The van der Waals surface area contributed by atoms with Crippen molar-refractivity contribution in [1.82, 2.24) is 20.2 Å². The van der Waals surface area contributed by atoms with E-state index >= 15 is 0 Å². The fraction of sp³-hybridized carbons (Fsp3) is 0.579. The first-order valence-corrected chi connectivity index (χ1v) is 9.56. The van der Waals surface area contributed by atoms with Gasteiger partial charge in [0, 0.05) is 24.3 Å². The average molecular weight is 339 g/mol. The first kappa shape index (κ1) is 15.2. The highest BCUT2D eigenvalue weighted by Gasteiger charge is 2.41. The highest BCUT2D eigenvalue weighted by molar-refractivity contribution is 5.95. The molecule has 1 aliphatic heterocycles. The lowest BCUT2D eigenvalue weighted by atomic mass is 9.80. The van der Waals surface area contributed by atoms with Crippen LogP contribution in [0.1, 0.15) is 57.4 Å². The van der Waals surface area contributed by atoms with Crippen molar-refractivity contribution >= 4 is 22.4 Å². The predicted octanol–water partition coefficient (Wildman–Crippen LogP) is 3.60. The molecule has 5 rings (SSSR count). The fourth-order valence-corrected chi connectivity index (χ4v) is 4.28. The molecule has 0 bridgehead atoms. The van der Waals surface area contributed by atoms with Gasteiger partial charge in [0.2, 0.25) is 0 Å². The topological polar surface area (TPSA) is 64.0 Å². The minimum Gasteiger partial charge on any atom is -0.381 e. The smallest absolute Gasteiger partial charge is 0.159 e. The van der Waals surface area contributed by atoms with Gasteiger partial charge in [-0.3, -0.25) is 10.3 Å². The average Bonchev–Trinajstić information content (AvgIpc) is 3.33. The van der Waals surface area contributed by atoms with Gasteiger partial charge in [0.1, 0.15) is 5.60 Å². The van der Waals surface area contributed by atoms with Gasteiger partial charge in [0.25, 0.3) is 0 Å². The number of hydroxylamine groups is 1. The third-order valence-electron chi connectivity index (χ3n) is 5.93. The maximum Gasteiger partial charge on any atom is 0.159 e. The molecule has 0 amide bonds. The maximum atomic E-state index is 5.89. The molecule has 2 fully saturated rings. The Morgan fingerprint density at radius 3 is 2.80 bits per heavy atom. The van der Waals surface area contributed by atoms with Crippen molar-refractivity contribution in [2.75, 3.05) is 5.32 Å². The van der Waals surface area contributed by atoms with E-state index in [4.69, 9.17) is 9.82 Å². The molecule has 0 unspecified atom stereocenters. The van der Waals surface area contributed by atoms with Crippen LogP contribution in [0.5, 0.6) is 0 Å². The van der Waals surface area contributed by atoms with Gasteiger partial charge in [-0.05, 0) is 45.1 Å². The summed E-state index contributed by atoms with van der Waals surface area (Å²) < 4.78 is 1.96. The lowest BCUT2D eigenvalue weighted by Gasteiger charge is -2.33. The summed E-state index contributed by atoms with van der Waals surface area (Å²) in [5.74, 6) is 0. The van der Waals surface area contributed by atoms with Gasteiger partial charge in [-0.1, -0.05) is 12.8 Å². The maximum absolute atomic E-state index is 5.89. The van der Waals surface area contributed by atoms with E-state index in [0.29, 0.717) is 6.04 Å². The van der Waals surface area contributed by atoms with E-state index in [1.807, 2.05) is 17.1 Å². The fourth-order valence-electron chi connectivity index (χ4n) is 4.28. The van der Waals surface area contributed by atoms with E-state index in [0.717, 1.165) is 47.4 Å². The second-order valence-corrected chi connectivity index (χ2v) is 7.55. The Morgan fingerprint density at radius 1 is 1.28 bits per heavy atom. The van der Waals surface area contributed by atoms with Crippen LogP contribution in [0.2, 0.25) is 0 Å². The summed E-state index contributed by atoms with van der Waals surface area (Å²) in [6.07, 6.45) is 14.7. The number of hydrogen-bond donors (Lipinski definition) is 2. The third-order valence-corrected chi connectivity index (χ3v) is 5.93. The normalized spacial score (nSPS) is 22.2. The molecule has 0 saturated heterocycles. The van der Waals surface area contributed by atoms with E-state index in [9.17, 15) is 0 Å². The highest BCUT2D eigenvalue weighted by atomic mass is 16.7. The number of aryl methyl sites for hydroxylation is 1. The summed E-state index contributed by atoms with van der Waals surface area (Å²) in [4.78, 5) is 10.6. The largest absolute Gasteiger partial charge is 0.381 e. The zero-order valence-electron chi connectivity index (χ0n) is 14.7. The van der Waals surface area contributed by atoms with Crippen molar-refractivity contribution in [1.29, 1.82) is 0 Å². The highest BCUT2D eigenvalue weighted by Crippen LogP contribution is 2.43. The van der Waals surface area contributed by atoms with Crippen LogP contribution < -0.4 is 10.8 Å². The van der Waals surface area contributed by atoms with Crippen LogP contribution in [-0.4, -0.2) is 26.4 Å². The van der Waals surface area contributed by atoms with Crippen molar-refractivity contribution in [3.63, 3.8) is 0 Å². The molecule has 6 heteroatoms. The van der Waals surface area contributed by atoms with Gasteiger partial charge in [-0.2, -0.15) is 5.10 Å². The Kier molecular flexibility index (Phi) is 3.48. The van der Waals surface area contributed by atoms with Gasteiger partial charge in [-0.25, -0.2) is 9.67 Å². The van der Waals surface area contributed by atoms with E-state index < -0.39 is 0 Å². The lowest BCUT2D eigenvalue weighted by Crippen LogP contribution is -2.36. The molecule has 3 heterocycles. The molecular formula is C19H25N5O. The van der Waals surface area contributed by atoms with E-state index in [1.54, 1.807) is 0 Å². The summed E-state index contributed by atoms with van der Waals surface area (Å²) in [6, 6.07) is 0.537. The van der Waals surface area contributed by atoms with Crippen LogP contribution in [0.3, 0.4) is 0 Å². The van der Waals surface area contributed by atoms with Crippen LogP contribution in [0.15, 0.2) is 18.5 Å². The standard InChI is InChI=1S/C19H25N5O/c1-2-24-18-15(12-21-24)17(22-13-6-3-4-7-13)14(11-20-18)16-10-19(25-23-16)8-5-9-19/h10-13,23H,2-9H2,1H3,(H,20,22). The minimum atomic E-state index is -0.0947. The lowest BCUT2D eigenvalue weighted by molar-refractivity contribution is -0.0821. The molecule has 2 aliphatic carbocycles. The van der Waals surface area contributed by atoms with Crippen LogP contribution in [0, 0.1) is 0 Å². The summed E-state index contributed by atoms with van der Waals surface area (Å²) in [6.45, 7) is 2.92. The summed E-state index contributed by atoms with van der Waals surface area (Å²) in [7, 11) is 0. The van der Waals surface area contributed by atoms with E-state index in [-0.39, 0.29) is 5.60 Å². The first-order chi connectivity index (χ1) is 12.3. The number of hydrogen-bond acceptors (Lipinski definition) is 5. The molecule has 2 aromatic heterocycles. The van der Waals surface area contributed by atoms with Crippen molar-refractivity contribution in [3.05, 3.63) is 24.0 Å². The molecule has 0 aromatic carbocycles. The zero-order valence-corrected chi connectivity index (χ0v) is 14.7. The number of pyridine rings is 1. The van der Waals surface area contributed by atoms with Crippen LogP contribution in [0.25, 0.3) is 16.7 Å². The molecule has 0 atom stereocenters. The monoisotopic (exact) mass is 339 g/mol. The Balaban J connectivity index is 1.60. The Labute approximate surface area is 147 Å². The van der Waals surface area contributed by atoms with Gasteiger partial charge in [-0.15, -0.1) is 0 Å². The van der Waals surface area contributed by atoms with Crippen molar-refractivity contribution in [3.8, 4) is 0 Å². The third kappa shape index (κ3) is 2.42. The number of nitrogens with zero attached hydrogens (tertiary/aromatic N) is 3. The van der Waals surface area contributed by atoms with Crippen molar-refractivity contribution in [2.24, 2.45) is 0 Å². The number of fused-ring (bicyclic) bond motifs is 1. The molecule has 2 aromatic rings.